The number of nitrogens with one attached hydrogen (secondary N) is 1. The zero-order valence-electron chi connectivity index (χ0n) is 12.3. The Balaban J connectivity index is 1.71. The van der Waals surface area contributed by atoms with E-state index in [4.69, 9.17) is 5.73 Å². The van der Waals surface area contributed by atoms with Crippen LogP contribution in [0.3, 0.4) is 0 Å². The minimum atomic E-state index is -0.107. The number of carbonyl (C=O) groups is 1. The summed E-state index contributed by atoms with van der Waals surface area (Å²) in [5.74, 6) is 0.532. The van der Waals surface area contributed by atoms with E-state index in [1.165, 1.54) is 0 Å². The molecular weight excluding hydrogens is 344 g/mol. The topological polar surface area (TPSA) is 80.9 Å². The van der Waals surface area contributed by atoms with Crippen molar-refractivity contribution in [3.8, 4) is 0 Å². The van der Waals surface area contributed by atoms with Crippen LogP contribution in [0.25, 0.3) is 10.9 Å². The molecule has 5 nitrogen and oxygen atoms in total. The molecule has 0 saturated heterocycles. The first-order valence-corrected chi connectivity index (χ1v) is 8.38. The molecule has 1 amide bonds. The second-order valence-corrected chi connectivity index (χ2v) is 6.67. The smallest absolute Gasteiger partial charge is 0.270 e. The van der Waals surface area contributed by atoms with E-state index in [2.05, 4.69) is 31.2 Å². The van der Waals surface area contributed by atoms with Gasteiger partial charge in [0.25, 0.3) is 5.91 Å². The molecule has 6 heteroatoms. The number of aromatic nitrogens is 2. The van der Waals surface area contributed by atoms with E-state index in [0.717, 1.165) is 47.6 Å². The Hall–Kier alpha value is -1.53. The van der Waals surface area contributed by atoms with Gasteiger partial charge in [0.1, 0.15) is 5.69 Å². The van der Waals surface area contributed by atoms with Crippen molar-refractivity contribution in [1.29, 1.82) is 0 Å². The highest BCUT2D eigenvalue weighted by Gasteiger charge is 2.25. The third-order valence-corrected chi connectivity index (χ3v) is 4.82. The van der Waals surface area contributed by atoms with Crippen LogP contribution >= 0.6 is 15.9 Å². The van der Waals surface area contributed by atoms with Crippen LogP contribution in [0.2, 0.25) is 0 Å². The zero-order valence-corrected chi connectivity index (χ0v) is 13.8. The summed E-state index contributed by atoms with van der Waals surface area (Å²) in [6, 6.07) is 3.86. The second kappa shape index (κ2) is 6.71. The molecule has 2 unspecified atom stereocenters. The van der Waals surface area contributed by atoms with Gasteiger partial charge < -0.3 is 11.1 Å². The number of pyridine rings is 2. The lowest BCUT2D eigenvalue weighted by Crippen LogP contribution is -2.33. The molecule has 2 heterocycles. The van der Waals surface area contributed by atoms with Crippen molar-refractivity contribution in [1.82, 2.24) is 15.3 Å². The molecule has 0 aliphatic heterocycles. The molecular formula is C16H19BrN4O. The molecule has 22 heavy (non-hydrogen) atoms. The summed E-state index contributed by atoms with van der Waals surface area (Å²) < 4.78 is 0.795. The fourth-order valence-electron chi connectivity index (χ4n) is 3.10. The van der Waals surface area contributed by atoms with Crippen LogP contribution < -0.4 is 11.1 Å². The Kier molecular flexibility index (Phi) is 4.69. The Bertz CT molecular complexity index is 691. The summed E-state index contributed by atoms with van der Waals surface area (Å²) in [6.45, 7) is 0.722. The minimum Gasteiger partial charge on any atom is -0.348 e. The first kappa shape index (κ1) is 15.4. The Labute approximate surface area is 137 Å². The van der Waals surface area contributed by atoms with Gasteiger partial charge in [-0.15, -0.1) is 0 Å². The summed E-state index contributed by atoms with van der Waals surface area (Å²) in [7, 11) is 0. The number of amides is 1. The average Bonchev–Trinajstić information content (AvgIpc) is 2.95. The van der Waals surface area contributed by atoms with Gasteiger partial charge in [0.15, 0.2) is 0 Å². The van der Waals surface area contributed by atoms with Crippen LogP contribution in [0.4, 0.5) is 0 Å². The molecule has 0 aromatic carbocycles. The highest BCUT2D eigenvalue weighted by molar-refractivity contribution is 9.10. The zero-order chi connectivity index (χ0) is 15.5. The van der Waals surface area contributed by atoms with Crippen LogP contribution in [0.15, 0.2) is 29.0 Å². The predicted molar refractivity (Wildman–Crippen MR) is 89.5 cm³/mol. The van der Waals surface area contributed by atoms with E-state index >= 15 is 0 Å². The largest absolute Gasteiger partial charge is 0.348 e. The molecule has 2 aromatic heterocycles. The van der Waals surface area contributed by atoms with Crippen molar-refractivity contribution in [2.75, 3.05) is 6.54 Å². The highest BCUT2D eigenvalue weighted by Crippen LogP contribution is 2.28. The van der Waals surface area contributed by atoms with Gasteiger partial charge in [-0.1, -0.05) is 0 Å². The number of hydrogen-bond acceptors (Lipinski definition) is 4. The van der Waals surface area contributed by atoms with Gasteiger partial charge in [-0.05, 0) is 66.2 Å². The summed E-state index contributed by atoms with van der Waals surface area (Å²) in [6.07, 6.45) is 7.65. The van der Waals surface area contributed by atoms with Crippen molar-refractivity contribution in [3.63, 3.8) is 0 Å². The van der Waals surface area contributed by atoms with Crippen LogP contribution in [-0.4, -0.2) is 28.5 Å². The maximum atomic E-state index is 12.4. The molecule has 1 fully saturated rings. The average molecular weight is 363 g/mol. The molecule has 3 rings (SSSR count). The molecule has 116 valence electrons. The van der Waals surface area contributed by atoms with Crippen LogP contribution in [-0.2, 0) is 0 Å². The second-order valence-electron chi connectivity index (χ2n) is 5.82. The van der Waals surface area contributed by atoms with Gasteiger partial charge in [0, 0.05) is 23.8 Å². The van der Waals surface area contributed by atoms with Crippen molar-refractivity contribution in [3.05, 3.63) is 34.7 Å². The van der Waals surface area contributed by atoms with Crippen molar-refractivity contribution in [2.45, 2.75) is 31.7 Å². The van der Waals surface area contributed by atoms with E-state index in [9.17, 15) is 4.79 Å². The normalized spacial score (nSPS) is 21.2. The lowest BCUT2D eigenvalue weighted by Gasteiger charge is -2.13. The molecule has 1 aliphatic rings. The van der Waals surface area contributed by atoms with Gasteiger partial charge in [-0.2, -0.15) is 0 Å². The first-order chi connectivity index (χ1) is 10.7. The summed E-state index contributed by atoms with van der Waals surface area (Å²) in [5.41, 5.74) is 6.81. The lowest BCUT2D eigenvalue weighted by atomic mass is 10.0. The Morgan fingerprint density at radius 1 is 1.36 bits per heavy atom. The maximum Gasteiger partial charge on any atom is 0.270 e. The van der Waals surface area contributed by atoms with Crippen molar-refractivity contribution < 1.29 is 4.79 Å². The Morgan fingerprint density at radius 2 is 2.23 bits per heavy atom. The number of rotatable bonds is 4. The van der Waals surface area contributed by atoms with Gasteiger partial charge in [-0.3, -0.25) is 9.78 Å². The summed E-state index contributed by atoms with van der Waals surface area (Å²) in [5, 5.41) is 4.01. The third-order valence-electron chi connectivity index (χ3n) is 4.24. The number of carbonyl (C=O) groups excluding carboxylic acids is 1. The molecule has 2 aromatic rings. The van der Waals surface area contributed by atoms with Crippen LogP contribution in [0.5, 0.6) is 0 Å². The SMILES string of the molecule is NCCC1CCC(NC(=O)c2ccc3cncc(Br)c3n2)C1. The number of halogens is 1. The summed E-state index contributed by atoms with van der Waals surface area (Å²) >= 11 is 3.42. The molecule has 2 atom stereocenters. The van der Waals surface area contributed by atoms with E-state index in [1.54, 1.807) is 18.5 Å². The fraction of sp³-hybridized carbons (Fsp3) is 0.438. The molecule has 1 saturated carbocycles. The monoisotopic (exact) mass is 362 g/mol. The van der Waals surface area contributed by atoms with Gasteiger partial charge in [0.2, 0.25) is 0 Å². The standard InChI is InChI=1S/C16H19BrN4O/c17-13-9-19-8-11-2-4-14(21-15(11)13)16(22)20-12-3-1-10(7-12)5-6-18/h2,4,8-10,12H,1,3,5-7,18H2,(H,20,22). The molecule has 3 N–H and O–H groups in total. The van der Waals surface area contributed by atoms with E-state index in [-0.39, 0.29) is 11.9 Å². The molecule has 0 radical (unpaired) electrons. The molecule has 0 bridgehead atoms. The molecule has 0 spiro atoms. The van der Waals surface area contributed by atoms with E-state index in [1.807, 2.05) is 6.07 Å². The first-order valence-electron chi connectivity index (χ1n) is 7.58. The van der Waals surface area contributed by atoms with Crippen molar-refractivity contribution >= 4 is 32.7 Å². The van der Waals surface area contributed by atoms with Gasteiger partial charge >= 0.3 is 0 Å². The summed E-state index contributed by atoms with van der Waals surface area (Å²) in [4.78, 5) is 20.9. The van der Waals surface area contributed by atoms with Crippen LogP contribution in [0, 0.1) is 5.92 Å². The lowest BCUT2D eigenvalue weighted by molar-refractivity contribution is 0.0932. The van der Waals surface area contributed by atoms with E-state index < -0.39 is 0 Å². The van der Waals surface area contributed by atoms with Gasteiger partial charge in [0.05, 0.1) is 9.99 Å². The highest BCUT2D eigenvalue weighted by atomic mass is 79.9. The fourth-order valence-corrected chi connectivity index (χ4v) is 3.54. The third kappa shape index (κ3) is 3.28. The number of nitrogens with two attached hydrogens (primary N) is 1. The predicted octanol–water partition coefficient (Wildman–Crippen LogP) is 2.64. The molecule has 1 aliphatic carbocycles. The Morgan fingerprint density at radius 3 is 3.05 bits per heavy atom. The number of fused-ring (bicyclic) bond motifs is 1. The van der Waals surface area contributed by atoms with Crippen LogP contribution in [0.1, 0.15) is 36.2 Å². The number of nitrogens with zero attached hydrogens (tertiary/aromatic N) is 2. The van der Waals surface area contributed by atoms with Crippen molar-refractivity contribution in [2.24, 2.45) is 11.7 Å². The van der Waals surface area contributed by atoms with E-state index in [0.29, 0.717) is 11.6 Å². The number of hydrogen-bond donors (Lipinski definition) is 2. The quantitative estimate of drug-likeness (QED) is 0.875. The minimum absolute atomic E-state index is 0.107. The van der Waals surface area contributed by atoms with Gasteiger partial charge in [-0.25, -0.2) is 4.98 Å². The maximum absolute atomic E-state index is 12.4.